The van der Waals surface area contributed by atoms with Gasteiger partial charge in [-0.25, -0.2) is 18.1 Å². The van der Waals surface area contributed by atoms with Crippen molar-refractivity contribution in [1.29, 1.82) is 0 Å². The average molecular weight is 269 g/mol. The Morgan fingerprint density at radius 3 is 2.93 bits per heavy atom. The summed E-state index contributed by atoms with van der Waals surface area (Å²) in [6.07, 6.45) is 1.11. The van der Waals surface area contributed by atoms with Gasteiger partial charge in [0.25, 0.3) is 0 Å². The van der Waals surface area contributed by atoms with Gasteiger partial charge in [0, 0.05) is 24.2 Å². The minimum Gasteiger partial charge on any atom is -0.250 e. The fraction of sp³-hybridized carbons (Fsp3) is 0.625. The monoisotopic (exact) mass is 268 g/mol. The molecule has 86 valence electrons. The third kappa shape index (κ3) is 5.46. The lowest BCUT2D eigenvalue weighted by molar-refractivity contribution is 0.580. The highest BCUT2D eigenvalue weighted by atomic mass is 35.5. The molecule has 1 N–H and O–H groups in total. The van der Waals surface area contributed by atoms with Gasteiger partial charge >= 0.3 is 0 Å². The molecule has 0 aliphatic carbocycles. The molecule has 0 aliphatic heterocycles. The SMILES string of the molecule is O=S(=O)(CCCCl)NCCc1cscn1. The van der Waals surface area contributed by atoms with E-state index in [-0.39, 0.29) is 5.75 Å². The molecule has 0 bridgehead atoms. The molecule has 0 spiro atoms. The van der Waals surface area contributed by atoms with Crippen molar-refractivity contribution >= 4 is 33.0 Å². The minimum absolute atomic E-state index is 0.0908. The molecule has 1 rings (SSSR count). The lowest BCUT2D eigenvalue weighted by Gasteiger charge is -2.04. The highest BCUT2D eigenvalue weighted by Gasteiger charge is 2.08. The van der Waals surface area contributed by atoms with Gasteiger partial charge in [0.05, 0.1) is 17.0 Å². The fourth-order valence-corrected chi connectivity index (χ4v) is 2.98. The van der Waals surface area contributed by atoms with E-state index in [1.165, 1.54) is 11.3 Å². The number of nitrogens with one attached hydrogen (secondary N) is 1. The zero-order valence-electron chi connectivity index (χ0n) is 8.15. The third-order valence-electron chi connectivity index (χ3n) is 1.73. The van der Waals surface area contributed by atoms with Crippen LogP contribution in [0.25, 0.3) is 0 Å². The van der Waals surface area contributed by atoms with Crippen molar-refractivity contribution in [1.82, 2.24) is 9.71 Å². The van der Waals surface area contributed by atoms with Crippen LogP contribution in [0.5, 0.6) is 0 Å². The van der Waals surface area contributed by atoms with Gasteiger partial charge in [-0.2, -0.15) is 0 Å². The smallest absolute Gasteiger partial charge is 0.211 e. The summed E-state index contributed by atoms with van der Waals surface area (Å²) in [5.74, 6) is 0.459. The lowest BCUT2D eigenvalue weighted by atomic mass is 10.3. The first-order valence-electron chi connectivity index (χ1n) is 4.54. The van der Waals surface area contributed by atoms with Gasteiger partial charge in [0.15, 0.2) is 0 Å². The topological polar surface area (TPSA) is 59.1 Å². The number of hydrogen-bond donors (Lipinski definition) is 1. The maximum atomic E-state index is 11.3. The molecular formula is C8H13ClN2O2S2. The summed E-state index contributed by atoms with van der Waals surface area (Å²) in [6.45, 7) is 0.397. The van der Waals surface area contributed by atoms with Crippen LogP contribution in [0.1, 0.15) is 12.1 Å². The number of thiazole rings is 1. The molecule has 0 fully saturated rings. The second-order valence-electron chi connectivity index (χ2n) is 2.99. The van der Waals surface area contributed by atoms with E-state index in [4.69, 9.17) is 11.6 Å². The normalized spacial score (nSPS) is 11.8. The Balaban J connectivity index is 2.24. The number of hydrogen-bond acceptors (Lipinski definition) is 4. The molecule has 0 saturated carbocycles. The van der Waals surface area contributed by atoms with E-state index in [2.05, 4.69) is 9.71 Å². The predicted molar refractivity (Wildman–Crippen MR) is 62.9 cm³/mol. The first kappa shape index (κ1) is 12.9. The van der Waals surface area contributed by atoms with Crippen LogP contribution < -0.4 is 4.72 Å². The number of sulfonamides is 1. The van der Waals surface area contributed by atoms with E-state index >= 15 is 0 Å². The predicted octanol–water partition coefficient (Wildman–Crippen LogP) is 1.23. The summed E-state index contributed by atoms with van der Waals surface area (Å²) in [4.78, 5) is 4.06. The van der Waals surface area contributed by atoms with Crippen LogP contribution in [0.4, 0.5) is 0 Å². The van der Waals surface area contributed by atoms with Gasteiger partial charge in [-0.1, -0.05) is 0 Å². The minimum atomic E-state index is -3.16. The maximum Gasteiger partial charge on any atom is 0.211 e. The molecule has 0 saturated heterocycles. The molecule has 4 nitrogen and oxygen atoms in total. The maximum absolute atomic E-state index is 11.3. The van der Waals surface area contributed by atoms with E-state index in [1.54, 1.807) is 5.51 Å². The Hall–Kier alpha value is -0.170. The van der Waals surface area contributed by atoms with E-state index in [0.717, 1.165) is 5.69 Å². The van der Waals surface area contributed by atoms with Crippen LogP contribution in [0, 0.1) is 0 Å². The summed E-state index contributed by atoms with van der Waals surface area (Å²) in [5.41, 5.74) is 2.65. The van der Waals surface area contributed by atoms with Gasteiger partial charge in [0.2, 0.25) is 10.0 Å². The summed E-state index contributed by atoms with van der Waals surface area (Å²) < 4.78 is 25.2. The molecule has 1 aromatic rings. The molecular weight excluding hydrogens is 256 g/mol. The number of halogens is 1. The van der Waals surface area contributed by atoms with Crippen LogP contribution in [0.3, 0.4) is 0 Å². The van der Waals surface area contributed by atoms with E-state index in [0.29, 0.717) is 25.3 Å². The van der Waals surface area contributed by atoms with Crippen LogP contribution in [-0.4, -0.2) is 31.6 Å². The van der Waals surface area contributed by atoms with Crippen molar-refractivity contribution < 1.29 is 8.42 Å². The Kier molecular flexibility index (Phi) is 5.52. The fourth-order valence-electron chi connectivity index (χ4n) is 1.01. The van der Waals surface area contributed by atoms with Crippen molar-refractivity contribution in [2.45, 2.75) is 12.8 Å². The Labute approximate surface area is 98.7 Å². The first-order valence-corrected chi connectivity index (χ1v) is 7.67. The number of rotatable bonds is 7. The van der Waals surface area contributed by atoms with Gasteiger partial charge in [-0.15, -0.1) is 22.9 Å². The van der Waals surface area contributed by atoms with Crippen LogP contribution in [0.15, 0.2) is 10.9 Å². The summed E-state index contributed by atoms with van der Waals surface area (Å²) in [7, 11) is -3.16. The number of nitrogens with zero attached hydrogens (tertiary/aromatic N) is 1. The molecule has 0 amide bonds. The molecule has 0 aromatic carbocycles. The molecule has 0 unspecified atom stereocenters. The molecule has 0 radical (unpaired) electrons. The van der Waals surface area contributed by atoms with Crippen LogP contribution in [-0.2, 0) is 16.4 Å². The van der Waals surface area contributed by atoms with E-state index < -0.39 is 10.0 Å². The Bertz CT molecular complexity index is 364. The van der Waals surface area contributed by atoms with Crippen molar-refractivity contribution in [2.75, 3.05) is 18.2 Å². The zero-order valence-corrected chi connectivity index (χ0v) is 10.5. The van der Waals surface area contributed by atoms with Gasteiger partial charge in [-0.3, -0.25) is 0 Å². The van der Waals surface area contributed by atoms with E-state index in [9.17, 15) is 8.42 Å². The summed E-state index contributed by atoms with van der Waals surface area (Å²) in [5, 5.41) is 1.91. The van der Waals surface area contributed by atoms with Crippen LogP contribution in [0.2, 0.25) is 0 Å². The summed E-state index contributed by atoms with van der Waals surface area (Å²) in [6, 6.07) is 0. The second-order valence-corrected chi connectivity index (χ2v) is 6.01. The molecule has 1 aromatic heterocycles. The molecule has 15 heavy (non-hydrogen) atoms. The standard InChI is InChI=1S/C8H13ClN2O2S2/c9-3-1-5-15(12,13)11-4-2-8-6-14-7-10-8/h6-7,11H,1-5H2. The lowest BCUT2D eigenvalue weighted by Crippen LogP contribution is -2.28. The Morgan fingerprint density at radius 2 is 2.33 bits per heavy atom. The van der Waals surface area contributed by atoms with Gasteiger partial charge < -0.3 is 0 Å². The quantitative estimate of drug-likeness (QED) is 0.757. The second kappa shape index (κ2) is 6.42. The molecule has 0 atom stereocenters. The van der Waals surface area contributed by atoms with Crippen molar-refractivity contribution in [3.63, 3.8) is 0 Å². The largest absolute Gasteiger partial charge is 0.250 e. The highest BCUT2D eigenvalue weighted by Crippen LogP contribution is 2.01. The molecule has 0 aliphatic rings. The van der Waals surface area contributed by atoms with Gasteiger partial charge in [-0.05, 0) is 6.42 Å². The average Bonchev–Trinajstić information content (AvgIpc) is 2.67. The van der Waals surface area contributed by atoms with E-state index in [1.807, 2.05) is 5.38 Å². The number of alkyl halides is 1. The van der Waals surface area contributed by atoms with Crippen LogP contribution >= 0.6 is 22.9 Å². The molecule has 1 heterocycles. The molecule has 7 heteroatoms. The summed E-state index contributed by atoms with van der Waals surface area (Å²) >= 11 is 6.93. The first-order chi connectivity index (χ1) is 7.14. The van der Waals surface area contributed by atoms with Gasteiger partial charge in [0.1, 0.15) is 0 Å². The van der Waals surface area contributed by atoms with Crippen molar-refractivity contribution in [2.24, 2.45) is 0 Å². The Morgan fingerprint density at radius 1 is 1.53 bits per heavy atom. The van der Waals surface area contributed by atoms with Crippen molar-refractivity contribution in [3.05, 3.63) is 16.6 Å². The number of aromatic nitrogens is 1. The highest BCUT2D eigenvalue weighted by molar-refractivity contribution is 7.89. The third-order valence-corrected chi connectivity index (χ3v) is 4.11. The van der Waals surface area contributed by atoms with Crippen molar-refractivity contribution in [3.8, 4) is 0 Å². The zero-order chi connectivity index (χ0) is 11.1.